The van der Waals surface area contributed by atoms with Gasteiger partial charge in [0.25, 0.3) is 0 Å². The van der Waals surface area contributed by atoms with Gasteiger partial charge in [-0.25, -0.2) is 10.1 Å². The molecule has 6 nitrogen and oxygen atoms in total. The molecule has 29 heavy (non-hydrogen) atoms. The summed E-state index contributed by atoms with van der Waals surface area (Å²) in [6, 6.07) is 12.7. The van der Waals surface area contributed by atoms with E-state index in [-0.39, 0.29) is 16.1 Å². The number of carbonyl (C=O) groups excluding carboxylic acids is 1. The SMILES string of the molecule is COc1ccc(C)cc1N(N)/C(C(C)=O)=C(\N)S(=O)c1ccc(C(C)(C)C)cc1. The fourth-order valence-corrected chi connectivity index (χ4v) is 3.92. The summed E-state index contributed by atoms with van der Waals surface area (Å²) in [5.74, 6) is 6.33. The highest BCUT2D eigenvalue weighted by Crippen LogP contribution is 2.31. The van der Waals surface area contributed by atoms with Crippen LogP contribution in [0.25, 0.3) is 0 Å². The standard InChI is InChI=1S/C22H29N3O3S/c1-14-7-12-19(28-6)18(13-14)25(24)20(15(2)26)21(23)29(27)17-10-8-16(9-11-17)22(3,4)5/h7-13H,23-24H2,1-6H3/b21-20+. The van der Waals surface area contributed by atoms with Crippen LogP contribution in [-0.2, 0) is 21.0 Å². The van der Waals surface area contributed by atoms with Crippen LogP contribution in [0.2, 0.25) is 0 Å². The van der Waals surface area contributed by atoms with Crippen molar-refractivity contribution >= 4 is 22.3 Å². The van der Waals surface area contributed by atoms with Gasteiger partial charge >= 0.3 is 0 Å². The second-order valence-corrected chi connectivity index (χ2v) is 9.31. The predicted octanol–water partition coefficient (Wildman–Crippen LogP) is 3.51. The zero-order valence-electron chi connectivity index (χ0n) is 17.8. The molecule has 0 amide bonds. The van der Waals surface area contributed by atoms with Gasteiger partial charge in [0.1, 0.15) is 27.3 Å². The zero-order valence-corrected chi connectivity index (χ0v) is 18.6. The molecule has 156 valence electrons. The van der Waals surface area contributed by atoms with Crippen LogP contribution < -0.4 is 21.3 Å². The Labute approximate surface area is 175 Å². The van der Waals surface area contributed by atoms with Crippen LogP contribution in [-0.4, -0.2) is 17.1 Å². The number of ether oxygens (including phenoxy) is 1. The van der Waals surface area contributed by atoms with E-state index in [0.717, 1.165) is 16.1 Å². The van der Waals surface area contributed by atoms with Crippen molar-refractivity contribution in [1.82, 2.24) is 0 Å². The number of allylic oxidation sites excluding steroid dienone is 1. The van der Waals surface area contributed by atoms with Gasteiger partial charge in [0, 0.05) is 11.8 Å². The number of rotatable bonds is 6. The monoisotopic (exact) mass is 415 g/mol. The van der Waals surface area contributed by atoms with Gasteiger partial charge in [-0.2, -0.15) is 0 Å². The first-order valence-electron chi connectivity index (χ1n) is 9.19. The van der Waals surface area contributed by atoms with E-state index >= 15 is 0 Å². The fraction of sp³-hybridized carbons (Fsp3) is 0.318. The van der Waals surface area contributed by atoms with Crippen molar-refractivity contribution in [3.63, 3.8) is 0 Å². The third-order valence-corrected chi connectivity index (χ3v) is 5.83. The number of hydrazine groups is 1. The van der Waals surface area contributed by atoms with Gasteiger partial charge in [-0.3, -0.25) is 9.80 Å². The molecule has 0 aromatic heterocycles. The lowest BCUT2D eigenvalue weighted by molar-refractivity contribution is -0.113. The number of anilines is 1. The molecular formula is C22H29N3O3S. The third-order valence-electron chi connectivity index (χ3n) is 4.54. The van der Waals surface area contributed by atoms with Crippen LogP contribution in [0.3, 0.4) is 0 Å². The average Bonchev–Trinajstić information content (AvgIpc) is 2.66. The summed E-state index contributed by atoms with van der Waals surface area (Å²) in [7, 11) is -0.237. The van der Waals surface area contributed by atoms with Gasteiger partial charge in [0.15, 0.2) is 5.78 Å². The Balaban J connectivity index is 2.51. The van der Waals surface area contributed by atoms with E-state index in [1.165, 1.54) is 14.0 Å². The van der Waals surface area contributed by atoms with Gasteiger partial charge in [-0.05, 0) is 47.7 Å². The molecule has 7 heteroatoms. The molecule has 0 aliphatic carbocycles. The van der Waals surface area contributed by atoms with Crippen LogP contribution in [0.15, 0.2) is 58.1 Å². The quantitative estimate of drug-likeness (QED) is 0.426. The summed E-state index contributed by atoms with van der Waals surface area (Å²) in [4.78, 5) is 12.9. The van der Waals surface area contributed by atoms with E-state index in [9.17, 15) is 9.00 Å². The number of ketones is 1. The molecule has 0 aliphatic rings. The molecule has 0 spiro atoms. The summed E-state index contributed by atoms with van der Waals surface area (Å²) in [6.07, 6.45) is 0. The number of aryl methyl sites for hydroxylation is 1. The van der Waals surface area contributed by atoms with E-state index in [1.807, 2.05) is 25.1 Å². The number of hydrogen-bond donors (Lipinski definition) is 2. The summed E-state index contributed by atoms with van der Waals surface area (Å²) in [5.41, 5.74) is 8.62. The number of nitrogens with zero attached hydrogens (tertiary/aromatic N) is 1. The van der Waals surface area contributed by atoms with Crippen molar-refractivity contribution in [3.05, 3.63) is 64.3 Å². The minimum atomic E-state index is -1.75. The van der Waals surface area contributed by atoms with Gasteiger partial charge in [0.05, 0.1) is 12.8 Å². The van der Waals surface area contributed by atoms with Gasteiger partial charge in [-0.1, -0.05) is 39.0 Å². The van der Waals surface area contributed by atoms with Crippen molar-refractivity contribution in [3.8, 4) is 5.75 Å². The van der Waals surface area contributed by atoms with Crippen LogP contribution in [0.1, 0.15) is 38.8 Å². The summed E-state index contributed by atoms with van der Waals surface area (Å²) >= 11 is 0. The van der Waals surface area contributed by atoms with Crippen LogP contribution in [0.4, 0.5) is 5.69 Å². The number of methoxy groups -OCH3 is 1. The van der Waals surface area contributed by atoms with E-state index in [4.69, 9.17) is 16.3 Å². The predicted molar refractivity (Wildman–Crippen MR) is 118 cm³/mol. The lowest BCUT2D eigenvalue weighted by Gasteiger charge is -2.24. The number of hydrogen-bond acceptors (Lipinski definition) is 6. The molecular weight excluding hydrogens is 386 g/mol. The molecule has 2 rings (SSSR count). The molecule has 1 atom stereocenters. The Kier molecular flexibility index (Phi) is 6.87. The normalized spacial score (nSPS) is 13.5. The molecule has 0 heterocycles. The lowest BCUT2D eigenvalue weighted by atomic mass is 9.87. The zero-order chi connectivity index (χ0) is 21.9. The first-order chi connectivity index (χ1) is 13.5. The Bertz CT molecular complexity index is 960. The lowest BCUT2D eigenvalue weighted by Crippen LogP contribution is -2.36. The summed E-state index contributed by atoms with van der Waals surface area (Å²) in [5, 5.41) is 1.04. The number of carbonyl (C=O) groups is 1. The van der Waals surface area contributed by atoms with Crippen molar-refractivity contribution in [2.75, 3.05) is 12.1 Å². The highest BCUT2D eigenvalue weighted by molar-refractivity contribution is 7.89. The van der Waals surface area contributed by atoms with Crippen LogP contribution in [0.5, 0.6) is 5.75 Å². The minimum absolute atomic E-state index is 0.0261. The van der Waals surface area contributed by atoms with Crippen LogP contribution in [0, 0.1) is 6.92 Å². The van der Waals surface area contributed by atoms with E-state index in [0.29, 0.717) is 16.3 Å². The highest BCUT2D eigenvalue weighted by atomic mass is 32.2. The Hall–Kier alpha value is -2.64. The fourth-order valence-electron chi connectivity index (χ4n) is 2.86. The van der Waals surface area contributed by atoms with Crippen molar-refractivity contribution in [2.24, 2.45) is 11.6 Å². The van der Waals surface area contributed by atoms with E-state index in [1.54, 1.807) is 24.3 Å². The first kappa shape index (κ1) is 22.6. The maximum Gasteiger partial charge on any atom is 0.180 e. The van der Waals surface area contributed by atoms with E-state index < -0.39 is 16.6 Å². The maximum absolute atomic E-state index is 13.1. The number of nitrogens with two attached hydrogens (primary N) is 2. The van der Waals surface area contributed by atoms with Crippen molar-refractivity contribution in [1.29, 1.82) is 0 Å². The molecule has 4 N–H and O–H groups in total. The Morgan fingerprint density at radius 2 is 1.69 bits per heavy atom. The second-order valence-electron chi connectivity index (χ2n) is 7.86. The van der Waals surface area contributed by atoms with Gasteiger partial charge < -0.3 is 10.5 Å². The average molecular weight is 416 g/mol. The van der Waals surface area contributed by atoms with E-state index in [2.05, 4.69) is 20.8 Å². The first-order valence-corrected chi connectivity index (χ1v) is 10.3. The van der Waals surface area contributed by atoms with Gasteiger partial charge in [-0.15, -0.1) is 0 Å². The van der Waals surface area contributed by atoms with Crippen LogP contribution >= 0.6 is 0 Å². The molecule has 0 saturated heterocycles. The third kappa shape index (κ3) is 5.05. The molecule has 1 unspecified atom stereocenters. The topological polar surface area (TPSA) is 98.7 Å². The molecule has 2 aromatic carbocycles. The smallest absolute Gasteiger partial charge is 0.180 e. The maximum atomic E-state index is 13.1. The molecule has 0 radical (unpaired) electrons. The van der Waals surface area contributed by atoms with Gasteiger partial charge in [0.2, 0.25) is 0 Å². The Morgan fingerprint density at radius 1 is 1.10 bits per heavy atom. The Morgan fingerprint density at radius 3 is 2.17 bits per heavy atom. The molecule has 0 fully saturated rings. The minimum Gasteiger partial charge on any atom is -0.495 e. The molecule has 0 aliphatic heterocycles. The van der Waals surface area contributed by atoms with Crippen molar-refractivity contribution in [2.45, 2.75) is 44.9 Å². The molecule has 0 saturated carbocycles. The molecule has 0 bridgehead atoms. The summed E-state index contributed by atoms with van der Waals surface area (Å²) in [6.45, 7) is 9.53. The second kappa shape index (κ2) is 8.80. The molecule has 2 aromatic rings. The largest absolute Gasteiger partial charge is 0.495 e. The van der Waals surface area contributed by atoms with Crippen molar-refractivity contribution < 1.29 is 13.7 Å². The number of Topliss-reactive ketones (excluding diaryl/α,β-unsaturated/α-hetero) is 1. The summed E-state index contributed by atoms with van der Waals surface area (Å²) < 4.78 is 18.4. The highest BCUT2D eigenvalue weighted by Gasteiger charge is 2.24. The number of benzene rings is 2.